The van der Waals surface area contributed by atoms with Gasteiger partial charge in [0.2, 0.25) is 0 Å². The molecule has 0 saturated heterocycles. The topological polar surface area (TPSA) is 54.5 Å². The molecular weight excluding hydrogens is 164 g/mol. The van der Waals surface area contributed by atoms with E-state index in [-0.39, 0.29) is 0 Å². The Labute approximate surface area is 75.0 Å². The second kappa shape index (κ2) is 3.07. The Bertz CT molecular complexity index is 422. The van der Waals surface area contributed by atoms with Gasteiger partial charge in [-0.3, -0.25) is 0 Å². The predicted molar refractivity (Wildman–Crippen MR) is 47.5 cm³/mol. The molecule has 2 rings (SSSR count). The van der Waals surface area contributed by atoms with Crippen molar-refractivity contribution in [1.82, 2.24) is 20.6 Å². The maximum absolute atomic E-state index is 5.22. The van der Waals surface area contributed by atoms with E-state index in [0.717, 1.165) is 11.1 Å². The number of aromatic amines is 1. The van der Waals surface area contributed by atoms with Gasteiger partial charge in [0.25, 0.3) is 0 Å². The van der Waals surface area contributed by atoms with Crippen molar-refractivity contribution < 1.29 is 0 Å². The fraction of sp³-hybridized carbons (Fsp3) is 0. The third-order valence-corrected chi connectivity index (χ3v) is 1.67. The molecule has 0 radical (unpaired) electrons. The number of H-pyrrole nitrogens is 1. The van der Waals surface area contributed by atoms with E-state index in [4.69, 9.17) is 6.42 Å². The van der Waals surface area contributed by atoms with Gasteiger partial charge in [0.05, 0.1) is 0 Å². The van der Waals surface area contributed by atoms with Gasteiger partial charge in [-0.25, -0.2) is 5.10 Å². The van der Waals surface area contributed by atoms with Crippen molar-refractivity contribution in [3.05, 3.63) is 29.8 Å². The molecule has 4 heteroatoms. The molecule has 4 nitrogen and oxygen atoms in total. The van der Waals surface area contributed by atoms with E-state index in [2.05, 4.69) is 26.5 Å². The summed E-state index contributed by atoms with van der Waals surface area (Å²) < 4.78 is 0. The molecule has 0 aliphatic heterocycles. The quantitative estimate of drug-likeness (QED) is 0.645. The highest BCUT2D eigenvalue weighted by molar-refractivity contribution is 5.55. The molecule has 1 N–H and O–H groups in total. The van der Waals surface area contributed by atoms with Crippen LogP contribution in [0.5, 0.6) is 0 Å². The molecular formula is C9H6N4. The Morgan fingerprint density at radius 2 is 2.00 bits per heavy atom. The Kier molecular flexibility index (Phi) is 1.77. The second-order valence-corrected chi connectivity index (χ2v) is 2.47. The van der Waals surface area contributed by atoms with Crippen molar-refractivity contribution in [1.29, 1.82) is 0 Å². The summed E-state index contributed by atoms with van der Waals surface area (Å²) in [6.07, 6.45) is 5.22. The first-order valence-corrected chi connectivity index (χ1v) is 3.71. The maximum Gasteiger partial charge on any atom is 0.179 e. The third-order valence-electron chi connectivity index (χ3n) is 1.67. The minimum absolute atomic E-state index is 0.642. The van der Waals surface area contributed by atoms with Crippen LogP contribution in [-0.2, 0) is 0 Å². The molecule has 0 aliphatic carbocycles. The number of aromatic nitrogens is 4. The number of hydrogen-bond donors (Lipinski definition) is 1. The van der Waals surface area contributed by atoms with E-state index < -0.39 is 0 Å². The lowest BCUT2D eigenvalue weighted by Gasteiger charge is -1.94. The summed E-state index contributed by atoms with van der Waals surface area (Å²) in [5.74, 6) is 3.18. The van der Waals surface area contributed by atoms with Gasteiger partial charge in [-0.1, -0.05) is 5.92 Å². The fourth-order valence-corrected chi connectivity index (χ4v) is 1.01. The number of benzene rings is 1. The molecule has 62 valence electrons. The summed E-state index contributed by atoms with van der Waals surface area (Å²) in [7, 11) is 0. The summed E-state index contributed by atoms with van der Waals surface area (Å²) >= 11 is 0. The Hall–Kier alpha value is -2.15. The molecule has 1 aromatic carbocycles. The molecule has 0 unspecified atom stereocenters. The first kappa shape index (κ1) is 7.50. The highest BCUT2D eigenvalue weighted by Gasteiger charge is 1.99. The second-order valence-electron chi connectivity index (χ2n) is 2.47. The van der Waals surface area contributed by atoms with Crippen molar-refractivity contribution in [3.63, 3.8) is 0 Å². The summed E-state index contributed by atoms with van der Waals surface area (Å²) in [6, 6.07) is 7.44. The van der Waals surface area contributed by atoms with Gasteiger partial charge in [-0.15, -0.1) is 11.5 Å². The predicted octanol–water partition coefficient (Wildman–Crippen LogP) is 0.848. The van der Waals surface area contributed by atoms with E-state index in [0.29, 0.717) is 5.82 Å². The van der Waals surface area contributed by atoms with Gasteiger partial charge in [0, 0.05) is 11.1 Å². The van der Waals surface area contributed by atoms with Crippen LogP contribution in [0.1, 0.15) is 5.56 Å². The molecule has 0 saturated carbocycles. The number of rotatable bonds is 1. The lowest BCUT2D eigenvalue weighted by molar-refractivity contribution is 0.881. The van der Waals surface area contributed by atoms with E-state index in [1.54, 1.807) is 0 Å². The molecule has 1 heterocycles. The zero-order valence-electron chi connectivity index (χ0n) is 6.73. The molecule has 0 aliphatic rings. The van der Waals surface area contributed by atoms with E-state index in [1.807, 2.05) is 24.3 Å². The first-order chi connectivity index (χ1) is 6.40. The molecule has 0 amide bonds. The lowest BCUT2D eigenvalue weighted by Crippen LogP contribution is -1.81. The summed E-state index contributed by atoms with van der Waals surface area (Å²) in [5, 5.41) is 13.4. The van der Waals surface area contributed by atoms with Gasteiger partial charge >= 0.3 is 0 Å². The molecule has 13 heavy (non-hydrogen) atoms. The van der Waals surface area contributed by atoms with Crippen LogP contribution in [0.4, 0.5) is 0 Å². The molecule has 2 aromatic rings. The third kappa shape index (κ3) is 1.40. The molecule has 0 bridgehead atoms. The van der Waals surface area contributed by atoms with E-state index in [1.165, 1.54) is 0 Å². The normalized spacial score (nSPS) is 9.46. The average Bonchev–Trinajstić information content (AvgIpc) is 2.71. The lowest BCUT2D eigenvalue weighted by atomic mass is 10.1. The van der Waals surface area contributed by atoms with Gasteiger partial charge < -0.3 is 0 Å². The van der Waals surface area contributed by atoms with Crippen LogP contribution in [0.15, 0.2) is 24.3 Å². The van der Waals surface area contributed by atoms with Gasteiger partial charge in [-0.05, 0) is 34.7 Å². The number of tetrazole rings is 1. The smallest absolute Gasteiger partial charge is 0.179 e. The Balaban J connectivity index is 2.40. The van der Waals surface area contributed by atoms with Crippen LogP contribution in [-0.4, -0.2) is 20.6 Å². The van der Waals surface area contributed by atoms with Crippen molar-refractivity contribution in [3.8, 4) is 23.7 Å². The number of nitrogens with one attached hydrogen (secondary N) is 1. The zero-order chi connectivity index (χ0) is 9.10. The SMILES string of the molecule is C#Cc1ccc(-c2nnn[nH]2)cc1. The highest BCUT2D eigenvalue weighted by Crippen LogP contribution is 2.12. The van der Waals surface area contributed by atoms with Crippen molar-refractivity contribution in [2.75, 3.05) is 0 Å². The molecule has 1 aromatic heterocycles. The monoisotopic (exact) mass is 170 g/mol. The Morgan fingerprint density at radius 3 is 2.54 bits per heavy atom. The van der Waals surface area contributed by atoms with Crippen LogP contribution in [0.3, 0.4) is 0 Å². The molecule has 0 spiro atoms. The maximum atomic E-state index is 5.22. The van der Waals surface area contributed by atoms with Gasteiger partial charge in [-0.2, -0.15) is 0 Å². The largest absolute Gasteiger partial charge is 0.239 e. The average molecular weight is 170 g/mol. The van der Waals surface area contributed by atoms with Crippen LogP contribution < -0.4 is 0 Å². The zero-order valence-corrected chi connectivity index (χ0v) is 6.73. The van der Waals surface area contributed by atoms with Crippen LogP contribution in [0.2, 0.25) is 0 Å². The van der Waals surface area contributed by atoms with Gasteiger partial charge in [0.15, 0.2) is 5.82 Å². The number of nitrogens with zero attached hydrogens (tertiary/aromatic N) is 3. The summed E-state index contributed by atoms with van der Waals surface area (Å²) in [4.78, 5) is 0. The van der Waals surface area contributed by atoms with Crippen LogP contribution in [0.25, 0.3) is 11.4 Å². The minimum atomic E-state index is 0.642. The fourth-order valence-electron chi connectivity index (χ4n) is 1.01. The number of hydrogen-bond acceptors (Lipinski definition) is 3. The summed E-state index contributed by atoms with van der Waals surface area (Å²) in [6.45, 7) is 0. The molecule has 0 atom stereocenters. The standard InChI is InChI=1S/C9H6N4/c1-2-7-3-5-8(6-4-7)9-10-12-13-11-9/h1,3-6H,(H,10,11,12,13). The first-order valence-electron chi connectivity index (χ1n) is 3.71. The van der Waals surface area contributed by atoms with Crippen molar-refractivity contribution in [2.24, 2.45) is 0 Å². The summed E-state index contributed by atoms with van der Waals surface area (Å²) in [5.41, 5.74) is 1.76. The molecule has 0 fully saturated rings. The Morgan fingerprint density at radius 1 is 1.23 bits per heavy atom. The van der Waals surface area contributed by atoms with Gasteiger partial charge in [0.1, 0.15) is 0 Å². The highest BCUT2D eigenvalue weighted by atomic mass is 15.5. The van der Waals surface area contributed by atoms with Crippen LogP contribution in [0, 0.1) is 12.3 Å². The van der Waals surface area contributed by atoms with Crippen LogP contribution >= 0.6 is 0 Å². The van der Waals surface area contributed by atoms with Crippen molar-refractivity contribution in [2.45, 2.75) is 0 Å². The van der Waals surface area contributed by atoms with E-state index in [9.17, 15) is 0 Å². The minimum Gasteiger partial charge on any atom is -0.239 e. The van der Waals surface area contributed by atoms with E-state index >= 15 is 0 Å². The number of terminal acetylenes is 1. The van der Waals surface area contributed by atoms with Crippen molar-refractivity contribution >= 4 is 0 Å².